The molecule has 0 saturated carbocycles. The number of hydrogen-bond donors (Lipinski definition) is 1. The van der Waals surface area contributed by atoms with Gasteiger partial charge in [-0.2, -0.15) is 5.26 Å². The van der Waals surface area contributed by atoms with Crippen molar-refractivity contribution in [2.75, 3.05) is 6.61 Å². The highest BCUT2D eigenvalue weighted by Gasteiger charge is 2.30. The summed E-state index contributed by atoms with van der Waals surface area (Å²) in [6.45, 7) is 2.15. The number of fused-ring (bicyclic) bond motifs is 1. The molecule has 1 aromatic carbocycles. The van der Waals surface area contributed by atoms with E-state index in [4.69, 9.17) is 10.00 Å². The van der Waals surface area contributed by atoms with Crippen molar-refractivity contribution in [3.8, 4) is 11.8 Å². The molecule has 0 amide bonds. The number of sulfonamides is 1. The summed E-state index contributed by atoms with van der Waals surface area (Å²) in [5, 5.41) is 7.88. The normalized spacial score (nSPS) is 19.9. The first kappa shape index (κ1) is 13.8. The molecule has 1 aliphatic rings. The topological polar surface area (TPSA) is 79.2 Å². The molecule has 1 aliphatic heterocycles. The lowest BCUT2D eigenvalue weighted by molar-refractivity contribution is 0.263. The van der Waals surface area contributed by atoms with E-state index in [9.17, 15) is 8.42 Å². The largest absolute Gasteiger partial charge is 0.493 e. The fraction of sp³-hybridized carbons (Fsp3) is 0.462. The van der Waals surface area contributed by atoms with Crippen LogP contribution in [-0.4, -0.2) is 20.3 Å². The minimum absolute atomic E-state index is 0.275. The highest BCUT2D eigenvalue weighted by molar-refractivity contribution is 7.90. The molecular formula is C13H16N2O3S. The third-order valence-electron chi connectivity index (χ3n) is 3.15. The first-order valence-corrected chi connectivity index (χ1v) is 7.75. The second-order valence-electron chi connectivity index (χ2n) is 4.42. The third-order valence-corrected chi connectivity index (χ3v) is 4.96. The summed E-state index contributed by atoms with van der Waals surface area (Å²) in [6.07, 6.45) is 0.842. The van der Waals surface area contributed by atoms with Crippen LogP contribution in [0.2, 0.25) is 0 Å². The summed E-state index contributed by atoms with van der Waals surface area (Å²) in [5.74, 6) is 0.700. The molecule has 5 nitrogen and oxygen atoms in total. The first-order chi connectivity index (χ1) is 9.08. The monoisotopic (exact) mass is 280 g/mol. The van der Waals surface area contributed by atoms with E-state index < -0.39 is 15.3 Å². The van der Waals surface area contributed by atoms with E-state index in [-0.39, 0.29) is 12.5 Å². The molecule has 2 rings (SSSR count). The van der Waals surface area contributed by atoms with Gasteiger partial charge in [0.1, 0.15) is 5.75 Å². The van der Waals surface area contributed by atoms with E-state index >= 15 is 0 Å². The number of hydrogen-bond acceptors (Lipinski definition) is 4. The van der Waals surface area contributed by atoms with Crippen LogP contribution in [0.1, 0.15) is 31.4 Å². The summed E-state index contributed by atoms with van der Waals surface area (Å²) in [4.78, 5) is 0. The molecule has 19 heavy (non-hydrogen) atoms. The Morgan fingerprint density at radius 3 is 2.95 bits per heavy atom. The standard InChI is InChI=1S/C13H16N2O3S/c1-2-10(9-14)19(16,17)15-12-7-8-18-13-6-4-3-5-11(12)13/h3-6,10,12,15H,2,7-8H2,1H3. The Balaban J connectivity index is 2.24. The molecule has 6 heteroatoms. The second-order valence-corrected chi connectivity index (χ2v) is 6.31. The van der Waals surface area contributed by atoms with Crippen molar-refractivity contribution in [2.24, 2.45) is 0 Å². The van der Waals surface area contributed by atoms with Gasteiger partial charge in [0.2, 0.25) is 10.0 Å². The maximum atomic E-state index is 12.1. The number of nitrogens with zero attached hydrogens (tertiary/aromatic N) is 1. The predicted molar refractivity (Wildman–Crippen MR) is 71.0 cm³/mol. The Hall–Kier alpha value is -1.58. The van der Waals surface area contributed by atoms with E-state index in [0.717, 1.165) is 5.56 Å². The minimum atomic E-state index is -3.63. The van der Waals surface area contributed by atoms with Gasteiger partial charge in [-0.05, 0) is 12.5 Å². The van der Waals surface area contributed by atoms with Gasteiger partial charge in [-0.25, -0.2) is 13.1 Å². The van der Waals surface area contributed by atoms with E-state index in [1.165, 1.54) is 0 Å². The van der Waals surface area contributed by atoms with Gasteiger partial charge >= 0.3 is 0 Å². The van der Waals surface area contributed by atoms with Crippen molar-refractivity contribution >= 4 is 10.0 Å². The van der Waals surface area contributed by atoms with E-state index in [1.807, 2.05) is 30.3 Å². The van der Waals surface area contributed by atoms with Crippen molar-refractivity contribution in [2.45, 2.75) is 31.1 Å². The minimum Gasteiger partial charge on any atom is -0.493 e. The highest BCUT2D eigenvalue weighted by Crippen LogP contribution is 2.32. The maximum Gasteiger partial charge on any atom is 0.228 e. The van der Waals surface area contributed by atoms with Crippen LogP contribution in [0.15, 0.2) is 24.3 Å². The highest BCUT2D eigenvalue weighted by atomic mass is 32.2. The molecule has 1 aromatic rings. The molecule has 2 atom stereocenters. The zero-order chi connectivity index (χ0) is 13.9. The molecule has 0 aromatic heterocycles. The van der Waals surface area contributed by atoms with Crippen LogP contribution in [0.4, 0.5) is 0 Å². The van der Waals surface area contributed by atoms with E-state index in [2.05, 4.69) is 4.72 Å². The van der Waals surface area contributed by atoms with Crippen LogP contribution in [0.25, 0.3) is 0 Å². The van der Waals surface area contributed by atoms with Crippen LogP contribution < -0.4 is 9.46 Å². The van der Waals surface area contributed by atoms with Gasteiger partial charge in [0, 0.05) is 12.0 Å². The average molecular weight is 280 g/mol. The summed E-state index contributed by atoms with van der Waals surface area (Å²) in [7, 11) is -3.63. The lowest BCUT2D eigenvalue weighted by atomic mass is 10.0. The van der Waals surface area contributed by atoms with Crippen molar-refractivity contribution < 1.29 is 13.2 Å². The number of nitriles is 1. The molecule has 0 radical (unpaired) electrons. The maximum absolute atomic E-state index is 12.1. The predicted octanol–water partition coefficient (Wildman–Crippen LogP) is 1.73. The average Bonchev–Trinajstić information content (AvgIpc) is 2.40. The zero-order valence-electron chi connectivity index (χ0n) is 10.7. The molecule has 1 N–H and O–H groups in total. The van der Waals surface area contributed by atoms with Gasteiger partial charge in [0.25, 0.3) is 0 Å². The van der Waals surface area contributed by atoms with Gasteiger partial charge in [-0.1, -0.05) is 25.1 Å². The smallest absolute Gasteiger partial charge is 0.228 e. The van der Waals surface area contributed by atoms with Crippen LogP contribution in [0.3, 0.4) is 0 Å². The molecule has 0 fully saturated rings. The van der Waals surface area contributed by atoms with Crippen LogP contribution in [0, 0.1) is 11.3 Å². The Labute approximate surface area is 113 Å². The Morgan fingerprint density at radius 2 is 2.26 bits per heavy atom. The summed E-state index contributed by atoms with van der Waals surface area (Å²) < 4.78 is 32.3. The van der Waals surface area contributed by atoms with Crippen molar-refractivity contribution in [3.05, 3.63) is 29.8 Å². The zero-order valence-corrected chi connectivity index (χ0v) is 11.5. The van der Waals surface area contributed by atoms with E-state index in [1.54, 1.807) is 6.92 Å². The molecule has 0 saturated heterocycles. The number of para-hydroxylation sites is 1. The Kier molecular flexibility index (Phi) is 4.08. The molecule has 0 bridgehead atoms. The molecule has 0 aliphatic carbocycles. The fourth-order valence-corrected chi connectivity index (χ4v) is 3.51. The number of nitrogens with one attached hydrogen (secondary N) is 1. The summed E-state index contributed by atoms with van der Waals surface area (Å²) in [6, 6.07) is 8.85. The Bertz CT molecular complexity index is 592. The van der Waals surface area contributed by atoms with Gasteiger partial charge in [0.15, 0.2) is 5.25 Å². The first-order valence-electron chi connectivity index (χ1n) is 6.21. The third kappa shape index (κ3) is 2.88. The number of rotatable bonds is 4. The molecule has 0 spiro atoms. The van der Waals surface area contributed by atoms with E-state index in [0.29, 0.717) is 18.8 Å². The summed E-state index contributed by atoms with van der Waals surface area (Å²) >= 11 is 0. The lowest BCUT2D eigenvalue weighted by Gasteiger charge is -2.27. The number of benzene rings is 1. The van der Waals surface area contributed by atoms with Gasteiger partial charge < -0.3 is 4.74 Å². The lowest BCUT2D eigenvalue weighted by Crippen LogP contribution is -2.37. The second kappa shape index (κ2) is 5.59. The van der Waals surface area contributed by atoms with Crippen molar-refractivity contribution in [1.82, 2.24) is 4.72 Å². The SMILES string of the molecule is CCC(C#N)S(=O)(=O)NC1CCOc2ccccc21. The Morgan fingerprint density at radius 1 is 1.53 bits per heavy atom. The number of ether oxygens (including phenoxy) is 1. The van der Waals surface area contributed by atoms with Gasteiger partial charge in [0.05, 0.1) is 18.7 Å². The summed E-state index contributed by atoms with van der Waals surface area (Å²) in [5.41, 5.74) is 0.824. The van der Waals surface area contributed by atoms with Crippen LogP contribution in [-0.2, 0) is 10.0 Å². The van der Waals surface area contributed by atoms with Crippen LogP contribution >= 0.6 is 0 Å². The molecular weight excluding hydrogens is 264 g/mol. The van der Waals surface area contributed by atoms with Crippen LogP contribution in [0.5, 0.6) is 5.75 Å². The van der Waals surface area contributed by atoms with Crippen molar-refractivity contribution in [1.29, 1.82) is 5.26 Å². The molecule has 2 unspecified atom stereocenters. The molecule has 102 valence electrons. The molecule has 1 heterocycles. The fourth-order valence-electron chi connectivity index (χ4n) is 2.13. The van der Waals surface area contributed by atoms with Crippen molar-refractivity contribution in [3.63, 3.8) is 0 Å². The van der Waals surface area contributed by atoms with Gasteiger partial charge in [-0.3, -0.25) is 0 Å². The quantitative estimate of drug-likeness (QED) is 0.911. The van der Waals surface area contributed by atoms with Gasteiger partial charge in [-0.15, -0.1) is 0 Å².